The largest absolute Gasteiger partial charge is 0.390 e. The van der Waals surface area contributed by atoms with Crippen molar-refractivity contribution in [3.63, 3.8) is 0 Å². The first kappa shape index (κ1) is 16.6. The average Bonchev–Trinajstić information content (AvgIpc) is 2.61. The number of nitrogens with one attached hydrogen (secondary N) is 1. The minimum Gasteiger partial charge on any atom is -0.390 e. The summed E-state index contributed by atoms with van der Waals surface area (Å²) in [7, 11) is 0. The van der Waals surface area contributed by atoms with Gasteiger partial charge in [0.15, 0.2) is 0 Å². The van der Waals surface area contributed by atoms with Crippen LogP contribution in [0.2, 0.25) is 0 Å². The molecule has 26 heavy (non-hydrogen) atoms. The summed E-state index contributed by atoms with van der Waals surface area (Å²) in [4.78, 5) is 15.6. The van der Waals surface area contributed by atoms with Crippen LogP contribution in [-0.2, 0) is 4.79 Å². The first-order chi connectivity index (χ1) is 12.5. The molecule has 1 saturated heterocycles. The zero-order chi connectivity index (χ0) is 17.8. The fourth-order valence-corrected chi connectivity index (χ4v) is 6.65. The van der Waals surface area contributed by atoms with Crippen LogP contribution in [0.4, 0.5) is 11.4 Å². The number of piperidine rings is 1. The van der Waals surface area contributed by atoms with Gasteiger partial charge in [-0.05, 0) is 93.9 Å². The molecule has 4 nitrogen and oxygen atoms in total. The zero-order valence-electron chi connectivity index (χ0n) is 15.5. The topological polar surface area (TPSA) is 52.6 Å². The number of benzene rings is 1. The van der Waals surface area contributed by atoms with Gasteiger partial charge in [0.1, 0.15) is 0 Å². The molecular formula is C22H30N2O2. The van der Waals surface area contributed by atoms with Gasteiger partial charge >= 0.3 is 0 Å². The van der Waals surface area contributed by atoms with E-state index in [0.717, 1.165) is 44.5 Å². The van der Waals surface area contributed by atoms with Crippen LogP contribution in [-0.4, -0.2) is 29.7 Å². The summed E-state index contributed by atoms with van der Waals surface area (Å²) < 4.78 is 0. The summed E-state index contributed by atoms with van der Waals surface area (Å²) in [5.41, 5.74) is 1.22. The van der Waals surface area contributed by atoms with Gasteiger partial charge in [0, 0.05) is 24.5 Å². The lowest BCUT2D eigenvalue weighted by Crippen LogP contribution is -2.59. The highest BCUT2D eigenvalue weighted by molar-refractivity contribution is 5.96. The number of amides is 1. The van der Waals surface area contributed by atoms with Crippen molar-refractivity contribution in [1.82, 2.24) is 0 Å². The highest BCUT2D eigenvalue weighted by Crippen LogP contribution is 2.61. The molecule has 4 saturated carbocycles. The van der Waals surface area contributed by atoms with E-state index < -0.39 is 5.60 Å². The maximum Gasteiger partial charge on any atom is 0.230 e. The molecule has 1 aromatic carbocycles. The van der Waals surface area contributed by atoms with Gasteiger partial charge in [0.25, 0.3) is 0 Å². The van der Waals surface area contributed by atoms with E-state index in [0.29, 0.717) is 18.3 Å². The minimum absolute atomic E-state index is 0.135. The molecule has 1 aliphatic heterocycles. The number of nitrogens with zero attached hydrogens (tertiary/aromatic N) is 1. The van der Waals surface area contributed by atoms with E-state index in [1.54, 1.807) is 0 Å². The summed E-state index contributed by atoms with van der Waals surface area (Å²) >= 11 is 0. The smallest absolute Gasteiger partial charge is 0.230 e. The predicted octanol–water partition coefficient (Wildman–Crippen LogP) is 3.95. The number of rotatable bonds is 3. The number of carbonyl (C=O) groups excluding carboxylic acids is 1. The predicted molar refractivity (Wildman–Crippen MR) is 103 cm³/mol. The van der Waals surface area contributed by atoms with E-state index in [1.165, 1.54) is 31.4 Å². The van der Waals surface area contributed by atoms with Crippen LogP contribution in [0, 0.1) is 17.3 Å². The number of hydrogen-bond acceptors (Lipinski definition) is 3. The van der Waals surface area contributed by atoms with Crippen LogP contribution < -0.4 is 10.2 Å². The maximum atomic E-state index is 13.2. The molecule has 2 N–H and O–H groups in total. The van der Waals surface area contributed by atoms with Gasteiger partial charge in [-0.2, -0.15) is 0 Å². The Labute approximate surface area is 156 Å². The molecule has 0 spiro atoms. The van der Waals surface area contributed by atoms with Crippen molar-refractivity contribution in [1.29, 1.82) is 0 Å². The first-order valence-corrected chi connectivity index (χ1v) is 10.4. The minimum atomic E-state index is -0.584. The summed E-state index contributed by atoms with van der Waals surface area (Å²) in [6.45, 7) is 2.27. The Balaban J connectivity index is 1.30. The van der Waals surface area contributed by atoms with E-state index in [1.807, 2.05) is 12.1 Å². The lowest BCUT2D eigenvalue weighted by atomic mass is 9.47. The van der Waals surface area contributed by atoms with Gasteiger partial charge in [-0.15, -0.1) is 0 Å². The Morgan fingerprint density at radius 2 is 1.65 bits per heavy atom. The highest BCUT2D eigenvalue weighted by Gasteiger charge is 2.60. The quantitative estimate of drug-likeness (QED) is 0.864. The Morgan fingerprint density at radius 1 is 1.00 bits per heavy atom. The number of carbonyl (C=O) groups is 1. The second-order valence-corrected chi connectivity index (χ2v) is 9.51. The Morgan fingerprint density at radius 3 is 2.27 bits per heavy atom. The van der Waals surface area contributed by atoms with Crippen molar-refractivity contribution < 1.29 is 9.90 Å². The molecule has 4 bridgehead atoms. The molecule has 5 fully saturated rings. The number of hydrogen-bond donors (Lipinski definition) is 2. The average molecular weight is 354 g/mol. The van der Waals surface area contributed by atoms with Crippen LogP contribution in [0.25, 0.3) is 0 Å². The molecule has 2 unspecified atom stereocenters. The summed E-state index contributed by atoms with van der Waals surface area (Å²) in [6.07, 6.45) is 9.48. The second kappa shape index (κ2) is 5.98. The third-order valence-electron chi connectivity index (χ3n) is 7.36. The lowest BCUT2D eigenvalue weighted by molar-refractivity contribution is -0.174. The van der Waals surface area contributed by atoms with Crippen molar-refractivity contribution in [2.24, 2.45) is 17.3 Å². The monoisotopic (exact) mass is 354 g/mol. The third-order valence-corrected chi connectivity index (χ3v) is 7.36. The second-order valence-electron chi connectivity index (χ2n) is 9.51. The van der Waals surface area contributed by atoms with E-state index in [2.05, 4.69) is 22.3 Å². The van der Waals surface area contributed by atoms with E-state index in [9.17, 15) is 9.90 Å². The standard InChI is InChI=1S/C22H30N2O2/c25-20(21-11-16-10-17(12-21)14-22(26,13-16)15-21)23-18-4-6-19(7-5-18)24-8-2-1-3-9-24/h4-7,16-17,26H,1-3,8-15H2,(H,23,25)/t16-,17+,21?,22?. The molecule has 0 aromatic heterocycles. The molecule has 1 amide bonds. The maximum absolute atomic E-state index is 13.2. The van der Waals surface area contributed by atoms with Gasteiger partial charge in [0.05, 0.1) is 11.0 Å². The molecule has 1 aromatic rings. The molecule has 1 heterocycles. The van der Waals surface area contributed by atoms with Crippen molar-refractivity contribution in [2.45, 2.75) is 63.4 Å². The van der Waals surface area contributed by atoms with E-state index in [4.69, 9.17) is 0 Å². The molecule has 0 radical (unpaired) electrons. The summed E-state index contributed by atoms with van der Waals surface area (Å²) in [6, 6.07) is 8.34. The van der Waals surface area contributed by atoms with Crippen LogP contribution in [0.1, 0.15) is 57.8 Å². The fraction of sp³-hybridized carbons (Fsp3) is 0.682. The normalized spacial score (nSPS) is 38.4. The third kappa shape index (κ3) is 2.83. The highest BCUT2D eigenvalue weighted by atomic mass is 16.3. The van der Waals surface area contributed by atoms with Crippen molar-refractivity contribution >= 4 is 17.3 Å². The summed E-state index contributed by atoms with van der Waals surface area (Å²) in [5, 5.41) is 14.1. The summed E-state index contributed by atoms with van der Waals surface area (Å²) in [5.74, 6) is 1.21. The van der Waals surface area contributed by atoms with Gasteiger partial charge in [-0.1, -0.05) is 0 Å². The van der Waals surface area contributed by atoms with Crippen LogP contribution in [0.3, 0.4) is 0 Å². The first-order valence-electron chi connectivity index (χ1n) is 10.4. The molecular weight excluding hydrogens is 324 g/mol. The molecule has 5 aliphatic rings. The van der Waals surface area contributed by atoms with Crippen molar-refractivity contribution in [2.75, 3.05) is 23.3 Å². The number of anilines is 2. The van der Waals surface area contributed by atoms with Crippen LogP contribution in [0.15, 0.2) is 24.3 Å². The fourth-order valence-electron chi connectivity index (χ4n) is 6.65. The molecule has 6 rings (SSSR count). The lowest BCUT2D eigenvalue weighted by Gasteiger charge is -2.59. The van der Waals surface area contributed by atoms with Gasteiger partial charge in [-0.3, -0.25) is 4.79 Å². The van der Waals surface area contributed by atoms with Gasteiger partial charge < -0.3 is 15.3 Å². The Bertz CT molecular complexity index is 679. The van der Waals surface area contributed by atoms with E-state index >= 15 is 0 Å². The molecule has 4 atom stereocenters. The van der Waals surface area contributed by atoms with Crippen molar-refractivity contribution in [3.05, 3.63) is 24.3 Å². The SMILES string of the molecule is O=C(Nc1ccc(N2CCCCC2)cc1)C12C[C@@H]3C[C@@H](CC(O)(C3)C1)C2. The van der Waals surface area contributed by atoms with Gasteiger partial charge in [-0.25, -0.2) is 0 Å². The van der Waals surface area contributed by atoms with Crippen LogP contribution in [0.5, 0.6) is 0 Å². The Hall–Kier alpha value is -1.55. The van der Waals surface area contributed by atoms with E-state index in [-0.39, 0.29) is 11.3 Å². The zero-order valence-corrected chi connectivity index (χ0v) is 15.5. The van der Waals surface area contributed by atoms with Crippen molar-refractivity contribution in [3.8, 4) is 0 Å². The van der Waals surface area contributed by atoms with Gasteiger partial charge in [0.2, 0.25) is 5.91 Å². The number of aliphatic hydroxyl groups is 1. The molecule has 140 valence electrons. The molecule has 4 aliphatic carbocycles. The Kier molecular flexibility index (Phi) is 3.82. The molecule has 4 heteroatoms. The van der Waals surface area contributed by atoms with Crippen LogP contribution >= 0.6 is 0 Å².